The van der Waals surface area contributed by atoms with E-state index in [0.29, 0.717) is 36.7 Å². The van der Waals surface area contributed by atoms with Crippen molar-refractivity contribution in [2.75, 3.05) is 0 Å². The van der Waals surface area contributed by atoms with Gasteiger partial charge in [-0.2, -0.15) is 0 Å². The second-order valence-electron chi connectivity index (χ2n) is 4.17. The lowest BCUT2D eigenvalue weighted by atomic mass is 10.0. The Morgan fingerprint density at radius 1 is 1.20 bits per heavy atom. The first kappa shape index (κ1) is 13.6. The van der Waals surface area contributed by atoms with E-state index in [4.69, 9.17) is 23.2 Å². The van der Waals surface area contributed by atoms with E-state index in [0.717, 1.165) is 0 Å². The number of fused-ring (bicyclic) bond motifs is 1. The number of nitrogens with zero attached hydrogens (tertiary/aromatic N) is 1. The molecule has 3 aromatic rings. The molecule has 0 saturated carbocycles. The van der Waals surface area contributed by atoms with Crippen molar-refractivity contribution >= 4 is 55.9 Å². The zero-order chi connectivity index (χ0) is 14.3. The van der Waals surface area contributed by atoms with Gasteiger partial charge >= 0.3 is 0 Å². The number of benzene rings is 1. The van der Waals surface area contributed by atoms with Gasteiger partial charge in [-0.25, -0.2) is 4.98 Å². The normalized spacial score (nSPS) is 10.9. The van der Waals surface area contributed by atoms with E-state index in [1.165, 1.54) is 0 Å². The topological polar surface area (TPSA) is 45.8 Å². The van der Waals surface area contributed by atoms with Gasteiger partial charge in [-0.1, -0.05) is 39.1 Å². The summed E-state index contributed by atoms with van der Waals surface area (Å²) in [5.41, 5.74) is 1.54. The van der Waals surface area contributed by atoms with Crippen molar-refractivity contribution in [2.45, 2.75) is 0 Å². The smallest absolute Gasteiger partial charge is 0.196 e. The highest BCUT2D eigenvalue weighted by Crippen LogP contribution is 2.29. The Bertz CT molecular complexity index is 829. The summed E-state index contributed by atoms with van der Waals surface area (Å²) in [6.45, 7) is 0. The molecule has 0 saturated heterocycles. The van der Waals surface area contributed by atoms with Gasteiger partial charge in [0.15, 0.2) is 5.78 Å². The molecule has 0 radical (unpaired) electrons. The third-order valence-corrected chi connectivity index (χ3v) is 4.18. The molecule has 6 heteroatoms. The molecule has 0 aliphatic heterocycles. The Kier molecular flexibility index (Phi) is 3.54. The molecule has 0 aliphatic rings. The SMILES string of the molecule is O=C(c1cc(Cl)ccc1Br)c1c[nH]c2nccc(Cl)c12. The molecule has 0 amide bonds. The molecule has 2 heterocycles. The summed E-state index contributed by atoms with van der Waals surface area (Å²) >= 11 is 15.5. The van der Waals surface area contributed by atoms with Crippen molar-refractivity contribution in [3.63, 3.8) is 0 Å². The summed E-state index contributed by atoms with van der Waals surface area (Å²) in [5.74, 6) is -0.166. The lowest BCUT2D eigenvalue weighted by Crippen LogP contribution is -2.01. The summed E-state index contributed by atoms with van der Waals surface area (Å²) in [4.78, 5) is 19.7. The molecule has 3 rings (SSSR count). The van der Waals surface area contributed by atoms with Crippen molar-refractivity contribution < 1.29 is 4.79 Å². The molecule has 0 unspecified atom stereocenters. The minimum Gasteiger partial charge on any atom is -0.345 e. The molecule has 20 heavy (non-hydrogen) atoms. The molecule has 2 aromatic heterocycles. The first-order valence-corrected chi connectivity index (χ1v) is 7.24. The summed E-state index contributed by atoms with van der Waals surface area (Å²) in [5, 5.41) is 1.60. The Morgan fingerprint density at radius 2 is 2.00 bits per heavy atom. The number of pyridine rings is 1. The van der Waals surface area contributed by atoms with Crippen LogP contribution in [-0.4, -0.2) is 15.8 Å². The molecule has 1 aromatic carbocycles. The lowest BCUT2D eigenvalue weighted by Gasteiger charge is -2.04. The summed E-state index contributed by atoms with van der Waals surface area (Å²) < 4.78 is 0.682. The van der Waals surface area contributed by atoms with Crippen molar-refractivity contribution in [1.29, 1.82) is 0 Å². The second-order valence-corrected chi connectivity index (χ2v) is 5.87. The number of nitrogens with one attached hydrogen (secondary N) is 1. The average molecular weight is 370 g/mol. The Morgan fingerprint density at radius 3 is 2.80 bits per heavy atom. The predicted octanol–water partition coefficient (Wildman–Crippen LogP) is 4.86. The number of carbonyl (C=O) groups excluding carboxylic acids is 1. The standard InChI is InChI=1S/C14H7BrCl2N2O/c15-10-2-1-7(16)5-8(10)13(20)9-6-19-14-12(9)11(17)3-4-18-14/h1-6H,(H,18,19). The molecule has 0 spiro atoms. The van der Waals surface area contributed by atoms with Crippen LogP contribution >= 0.6 is 39.1 Å². The minimum absolute atomic E-state index is 0.166. The molecule has 0 bridgehead atoms. The largest absolute Gasteiger partial charge is 0.345 e. The van der Waals surface area contributed by atoms with Gasteiger partial charge in [0.05, 0.1) is 10.6 Å². The van der Waals surface area contributed by atoms with Gasteiger partial charge < -0.3 is 4.98 Å². The molecule has 0 atom stereocenters. The van der Waals surface area contributed by atoms with Crippen molar-refractivity contribution in [2.24, 2.45) is 0 Å². The highest BCUT2D eigenvalue weighted by atomic mass is 79.9. The fourth-order valence-corrected chi connectivity index (χ4v) is 2.86. The maximum atomic E-state index is 12.7. The summed E-state index contributed by atoms with van der Waals surface area (Å²) in [6.07, 6.45) is 3.20. The van der Waals surface area contributed by atoms with Gasteiger partial charge in [0.2, 0.25) is 0 Å². The monoisotopic (exact) mass is 368 g/mol. The number of hydrogen-bond donors (Lipinski definition) is 1. The Hall–Kier alpha value is -1.36. The maximum absolute atomic E-state index is 12.7. The third-order valence-electron chi connectivity index (χ3n) is 2.94. The number of halogens is 3. The first-order valence-electron chi connectivity index (χ1n) is 5.69. The second kappa shape index (κ2) is 5.20. The van der Waals surface area contributed by atoms with Crippen molar-refractivity contribution in [3.8, 4) is 0 Å². The van der Waals surface area contributed by atoms with Crippen LogP contribution in [0.1, 0.15) is 15.9 Å². The molecule has 1 N–H and O–H groups in total. The van der Waals surface area contributed by atoms with Crippen LogP contribution in [0.5, 0.6) is 0 Å². The van der Waals surface area contributed by atoms with E-state index in [1.807, 2.05) is 0 Å². The maximum Gasteiger partial charge on any atom is 0.196 e. The zero-order valence-corrected chi connectivity index (χ0v) is 13.1. The van der Waals surface area contributed by atoms with E-state index in [-0.39, 0.29) is 5.78 Å². The van der Waals surface area contributed by atoms with Crippen LogP contribution in [0, 0.1) is 0 Å². The quantitative estimate of drug-likeness (QED) is 0.655. The lowest BCUT2D eigenvalue weighted by molar-refractivity contribution is 0.103. The number of rotatable bonds is 2. The third kappa shape index (κ3) is 2.24. The molecule has 0 aliphatic carbocycles. The van der Waals surface area contributed by atoms with Gasteiger partial charge in [0, 0.05) is 32.8 Å². The Balaban J connectivity index is 2.21. The molecular weight excluding hydrogens is 363 g/mol. The summed E-state index contributed by atoms with van der Waals surface area (Å²) in [7, 11) is 0. The van der Waals surface area contributed by atoms with Crippen LogP contribution in [0.2, 0.25) is 10.0 Å². The van der Waals surface area contributed by atoms with Crippen LogP contribution in [-0.2, 0) is 0 Å². The van der Waals surface area contributed by atoms with Crippen LogP contribution < -0.4 is 0 Å². The van der Waals surface area contributed by atoms with Gasteiger partial charge in [-0.3, -0.25) is 4.79 Å². The Labute approximate surface area is 133 Å². The van der Waals surface area contributed by atoms with Gasteiger partial charge in [0.25, 0.3) is 0 Å². The van der Waals surface area contributed by atoms with Gasteiger partial charge in [0.1, 0.15) is 5.65 Å². The molecular formula is C14H7BrCl2N2O. The van der Waals surface area contributed by atoms with Gasteiger partial charge in [-0.15, -0.1) is 0 Å². The minimum atomic E-state index is -0.166. The van der Waals surface area contributed by atoms with Crippen LogP contribution in [0.25, 0.3) is 11.0 Å². The van der Waals surface area contributed by atoms with E-state index in [9.17, 15) is 4.79 Å². The molecule has 100 valence electrons. The fourth-order valence-electron chi connectivity index (χ4n) is 2.01. The van der Waals surface area contributed by atoms with Crippen LogP contribution in [0.15, 0.2) is 41.1 Å². The fraction of sp³-hybridized carbons (Fsp3) is 0. The number of carbonyl (C=O) groups is 1. The number of aromatic nitrogens is 2. The van der Waals surface area contributed by atoms with E-state index < -0.39 is 0 Å². The van der Waals surface area contributed by atoms with Crippen LogP contribution in [0.3, 0.4) is 0 Å². The average Bonchev–Trinajstić information content (AvgIpc) is 2.86. The van der Waals surface area contributed by atoms with Crippen molar-refractivity contribution in [1.82, 2.24) is 9.97 Å². The summed E-state index contributed by atoms with van der Waals surface area (Å²) in [6, 6.07) is 6.73. The van der Waals surface area contributed by atoms with Gasteiger partial charge in [-0.05, 0) is 24.3 Å². The number of ketones is 1. The number of aromatic amines is 1. The first-order chi connectivity index (χ1) is 9.58. The van der Waals surface area contributed by atoms with Crippen LogP contribution in [0.4, 0.5) is 0 Å². The van der Waals surface area contributed by atoms with E-state index in [2.05, 4.69) is 25.9 Å². The molecule has 3 nitrogen and oxygen atoms in total. The number of hydrogen-bond acceptors (Lipinski definition) is 2. The number of H-pyrrole nitrogens is 1. The van der Waals surface area contributed by atoms with E-state index >= 15 is 0 Å². The highest BCUT2D eigenvalue weighted by molar-refractivity contribution is 9.10. The predicted molar refractivity (Wildman–Crippen MR) is 83.7 cm³/mol. The van der Waals surface area contributed by atoms with E-state index in [1.54, 1.807) is 36.7 Å². The van der Waals surface area contributed by atoms with Crippen molar-refractivity contribution in [3.05, 3.63) is 62.3 Å². The highest BCUT2D eigenvalue weighted by Gasteiger charge is 2.19. The zero-order valence-electron chi connectivity index (χ0n) is 9.95. The molecule has 0 fully saturated rings.